The highest BCUT2D eigenvalue weighted by molar-refractivity contribution is 7.09. The summed E-state index contributed by atoms with van der Waals surface area (Å²) in [6.07, 6.45) is 2.53. The minimum Gasteiger partial charge on any atom is -0.376 e. The van der Waals surface area contributed by atoms with Crippen LogP contribution in [0.15, 0.2) is 35.0 Å². The Hall–Kier alpha value is -1.69. The lowest BCUT2D eigenvalue weighted by Crippen LogP contribution is -2.19. The van der Waals surface area contributed by atoms with Crippen LogP contribution in [0.25, 0.3) is 22.0 Å². The zero-order chi connectivity index (χ0) is 15.6. The first-order valence-electron chi connectivity index (χ1n) is 7.65. The number of nitrogens with zero attached hydrogens (tertiary/aromatic N) is 2. The van der Waals surface area contributed by atoms with Crippen LogP contribution in [-0.2, 0) is 4.74 Å². The molecule has 1 fully saturated rings. The van der Waals surface area contributed by atoms with Crippen molar-refractivity contribution in [3.05, 3.63) is 40.0 Å². The smallest absolute Gasteiger partial charge is 0.157 e. The normalized spacial score (nSPS) is 17.7. The minimum atomic E-state index is 0.279. The van der Waals surface area contributed by atoms with Crippen LogP contribution in [0.3, 0.4) is 0 Å². The molecule has 6 heteroatoms. The molecule has 0 radical (unpaired) electrons. The highest BCUT2D eigenvalue weighted by Gasteiger charge is 2.17. The van der Waals surface area contributed by atoms with Crippen LogP contribution in [-0.4, -0.2) is 29.5 Å². The van der Waals surface area contributed by atoms with Gasteiger partial charge in [0, 0.05) is 45.3 Å². The summed E-state index contributed by atoms with van der Waals surface area (Å²) in [5, 5.41) is 19.4. The number of nitrogens with one attached hydrogen (secondary N) is 1. The number of rotatable bonds is 4. The van der Waals surface area contributed by atoms with Crippen molar-refractivity contribution in [1.29, 1.82) is 0 Å². The van der Waals surface area contributed by atoms with E-state index in [2.05, 4.69) is 26.3 Å². The molecule has 1 aromatic carbocycles. The van der Waals surface area contributed by atoms with E-state index in [9.17, 15) is 0 Å². The number of hydrogen-bond acceptors (Lipinski definition) is 5. The summed E-state index contributed by atoms with van der Waals surface area (Å²) in [4.78, 5) is 0. The number of aromatic nitrogens is 2. The molecule has 0 saturated carbocycles. The largest absolute Gasteiger partial charge is 0.376 e. The summed E-state index contributed by atoms with van der Waals surface area (Å²) in [5.74, 6) is 0.828. The summed E-state index contributed by atoms with van der Waals surface area (Å²) in [6, 6.07) is 7.70. The molecule has 1 aliphatic heterocycles. The third-order valence-electron chi connectivity index (χ3n) is 4.06. The van der Waals surface area contributed by atoms with Gasteiger partial charge in [0.15, 0.2) is 5.82 Å². The van der Waals surface area contributed by atoms with E-state index in [-0.39, 0.29) is 6.10 Å². The van der Waals surface area contributed by atoms with Gasteiger partial charge in [-0.15, -0.1) is 10.2 Å². The van der Waals surface area contributed by atoms with E-state index >= 15 is 0 Å². The Kier molecular flexibility index (Phi) is 4.16. The number of benzene rings is 1. The third kappa shape index (κ3) is 3.04. The maximum atomic E-state index is 5.97. The molecule has 118 valence electrons. The number of hydrogen-bond donors (Lipinski definition) is 1. The van der Waals surface area contributed by atoms with Gasteiger partial charge >= 0.3 is 0 Å². The fourth-order valence-electron chi connectivity index (χ4n) is 2.84. The first kappa shape index (κ1) is 14.9. The van der Waals surface area contributed by atoms with Crippen molar-refractivity contribution in [2.75, 3.05) is 18.5 Å². The summed E-state index contributed by atoms with van der Waals surface area (Å²) in [5.41, 5.74) is 1.91. The highest BCUT2D eigenvalue weighted by Crippen LogP contribution is 2.33. The molecular weight excluding hydrogens is 330 g/mol. The predicted octanol–water partition coefficient (Wildman–Crippen LogP) is 4.60. The Morgan fingerprint density at radius 2 is 2.00 bits per heavy atom. The second-order valence-corrected chi connectivity index (χ2v) is 6.80. The molecular formula is C17H16ClN3OS. The van der Waals surface area contributed by atoms with E-state index in [1.165, 1.54) is 0 Å². The van der Waals surface area contributed by atoms with Crippen molar-refractivity contribution < 1.29 is 4.74 Å². The molecule has 1 N–H and O–H groups in total. The second-order valence-electron chi connectivity index (χ2n) is 5.62. The van der Waals surface area contributed by atoms with Gasteiger partial charge in [0.25, 0.3) is 0 Å². The van der Waals surface area contributed by atoms with E-state index in [0.717, 1.165) is 58.9 Å². The van der Waals surface area contributed by atoms with Crippen LogP contribution < -0.4 is 5.32 Å². The Balaban J connectivity index is 1.65. The average Bonchev–Trinajstić information content (AvgIpc) is 3.25. The van der Waals surface area contributed by atoms with Gasteiger partial charge < -0.3 is 10.1 Å². The molecule has 4 nitrogen and oxygen atoms in total. The van der Waals surface area contributed by atoms with Crippen molar-refractivity contribution in [3.8, 4) is 11.3 Å². The molecule has 0 bridgehead atoms. The molecule has 23 heavy (non-hydrogen) atoms. The molecule has 3 heterocycles. The van der Waals surface area contributed by atoms with Crippen LogP contribution in [0.2, 0.25) is 5.02 Å². The lowest BCUT2D eigenvalue weighted by molar-refractivity contribution is 0.120. The number of halogens is 1. The van der Waals surface area contributed by atoms with Gasteiger partial charge in [-0.05, 0) is 25.0 Å². The summed E-state index contributed by atoms with van der Waals surface area (Å²) in [6.45, 7) is 1.64. The predicted molar refractivity (Wildman–Crippen MR) is 95.3 cm³/mol. The summed E-state index contributed by atoms with van der Waals surface area (Å²) < 4.78 is 5.65. The van der Waals surface area contributed by atoms with Gasteiger partial charge in [-0.25, -0.2) is 0 Å². The number of ether oxygens (including phenoxy) is 1. The van der Waals surface area contributed by atoms with Crippen molar-refractivity contribution in [1.82, 2.24) is 10.2 Å². The van der Waals surface area contributed by atoms with Gasteiger partial charge in [0.1, 0.15) is 5.69 Å². The summed E-state index contributed by atoms with van der Waals surface area (Å²) >= 11 is 7.63. The third-order valence-corrected chi connectivity index (χ3v) is 5.06. The van der Waals surface area contributed by atoms with Crippen molar-refractivity contribution in [2.45, 2.75) is 18.9 Å². The summed E-state index contributed by atoms with van der Waals surface area (Å²) in [7, 11) is 0. The van der Waals surface area contributed by atoms with E-state index in [4.69, 9.17) is 16.3 Å². The SMILES string of the molecule is Clc1ccc(-c2nnc(NCC3CCCO3)c3cscc23)cc1. The molecule has 0 spiro atoms. The fourth-order valence-corrected chi connectivity index (χ4v) is 3.78. The Morgan fingerprint density at radius 3 is 2.78 bits per heavy atom. The molecule has 0 amide bonds. The van der Waals surface area contributed by atoms with Crippen molar-refractivity contribution in [2.24, 2.45) is 0 Å². The molecule has 1 unspecified atom stereocenters. The lowest BCUT2D eigenvalue weighted by Gasteiger charge is -2.12. The Bertz CT molecular complexity index is 812. The Morgan fingerprint density at radius 1 is 1.17 bits per heavy atom. The van der Waals surface area contributed by atoms with Gasteiger partial charge in [-0.1, -0.05) is 23.7 Å². The second kappa shape index (κ2) is 6.43. The number of anilines is 1. The lowest BCUT2D eigenvalue weighted by atomic mass is 10.1. The van der Waals surface area contributed by atoms with Crippen LogP contribution in [0.5, 0.6) is 0 Å². The van der Waals surface area contributed by atoms with Gasteiger partial charge in [0.05, 0.1) is 6.10 Å². The Labute approximate surface area is 143 Å². The first-order chi connectivity index (χ1) is 11.3. The van der Waals surface area contributed by atoms with E-state index in [1.54, 1.807) is 11.3 Å². The van der Waals surface area contributed by atoms with Crippen LogP contribution in [0, 0.1) is 0 Å². The minimum absolute atomic E-state index is 0.279. The quantitative estimate of drug-likeness (QED) is 0.750. The van der Waals surface area contributed by atoms with Crippen LogP contribution in [0.4, 0.5) is 5.82 Å². The van der Waals surface area contributed by atoms with Gasteiger partial charge in [-0.3, -0.25) is 0 Å². The number of thiophene rings is 1. The molecule has 3 aromatic rings. The molecule has 1 aliphatic rings. The maximum Gasteiger partial charge on any atom is 0.157 e. The topological polar surface area (TPSA) is 47.0 Å². The maximum absolute atomic E-state index is 5.97. The van der Waals surface area contributed by atoms with E-state index in [0.29, 0.717) is 0 Å². The van der Waals surface area contributed by atoms with Gasteiger partial charge in [-0.2, -0.15) is 11.3 Å². The zero-order valence-electron chi connectivity index (χ0n) is 12.5. The first-order valence-corrected chi connectivity index (χ1v) is 8.97. The standard InChI is InChI=1S/C17H16ClN3OS/c18-12-5-3-11(4-6-12)16-14-9-23-10-15(14)17(21-20-16)19-8-13-2-1-7-22-13/h3-6,9-10,13H,1-2,7-8H2,(H,19,21). The molecule has 1 atom stereocenters. The monoisotopic (exact) mass is 345 g/mol. The molecule has 4 rings (SSSR count). The molecule has 1 saturated heterocycles. The van der Waals surface area contributed by atoms with E-state index in [1.807, 2.05) is 24.3 Å². The van der Waals surface area contributed by atoms with Crippen molar-refractivity contribution in [3.63, 3.8) is 0 Å². The van der Waals surface area contributed by atoms with Crippen molar-refractivity contribution >= 4 is 39.5 Å². The van der Waals surface area contributed by atoms with Crippen LogP contribution in [0.1, 0.15) is 12.8 Å². The molecule has 0 aliphatic carbocycles. The van der Waals surface area contributed by atoms with Gasteiger partial charge in [0.2, 0.25) is 0 Å². The molecule has 2 aromatic heterocycles. The highest BCUT2D eigenvalue weighted by atomic mass is 35.5. The average molecular weight is 346 g/mol. The fraction of sp³-hybridized carbons (Fsp3) is 0.294. The van der Waals surface area contributed by atoms with Crippen LogP contribution >= 0.6 is 22.9 Å². The van der Waals surface area contributed by atoms with E-state index < -0.39 is 0 Å². The number of fused-ring (bicyclic) bond motifs is 1. The zero-order valence-corrected chi connectivity index (χ0v) is 14.0.